The van der Waals surface area contributed by atoms with Crippen molar-refractivity contribution >= 4 is 15.8 Å². The molecule has 7 heteroatoms. The third-order valence-electron chi connectivity index (χ3n) is 3.00. The van der Waals surface area contributed by atoms with Gasteiger partial charge in [-0.05, 0) is 43.5 Å². The van der Waals surface area contributed by atoms with Gasteiger partial charge in [0.15, 0.2) is 5.82 Å². The SMILES string of the molecule is CCCCc1cc(NS(=O)(=O)c2cc(C)cc(F)c2)n[nH]1. The summed E-state index contributed by atoms with van der Waals surface area (Å²) in [4.78, 5) is -0.113. The quantitative estimate of drug-likeness (QED) is 0.861. The van der Waals surface area contributed by atoms with Gasteiger partial charge in [-0.2, -0.15) is 5.10 Å². The first-order chi connectivity index (χ1) is 9.90. The van der Waals surface area contributed by atoms with Crippen LogP contribution in [-0.4, -0.2) is 18.6 Å². The molecule has 1 heterocycles. The third kappa shape index (κ3) is 4.04. The number of sulfonamides is 1. The van der Waals surface area contributed by atoms with Crippen molar-refractivity contribution in [1.29, 1.82) is 0 Å². The maximum atomic E-state index is 13.3. The number of hydrogen-bond donors (Lipinski definition) is 2. The van der Waals surface area contributed by atoms with E-state index in [0.717, 1.165) is 31.0 Å². The van der Waals surface area contributed by atoms with Gasteiger partial charge in [0, 0.05) is 11.8 Å². The van der Waals surface area contributed by atoms with E-state index in [9.17, 15) is 12.8 Å². The number of aryl methyl sites for hydroxylation is 2. The lowest BCUT2D eigenvalue weighted by molar-refractivity contribution is 0.594. The number of nitrogens with zero attached hydrogens (tertiary/aromatic N) is 1. The second-order valence-electron chi connectivity index (χ2n) is 4.95. The van der Waals surface area contributed by atoms with Crippen LogP contribution in [0.2, 0.25) is 0 Å². The second kappa shape index (κ2) is 6.26. The highest BCUT2D eigenvalue weighted by Gasteiger charge is 2.17. The molecule has 0 bridgehead atoms. The van der Waals surface area contributed by atoms with Crippen LogP contribution in [0.15, 0.2) is 29.2 Å². The minimum Gasteiger partial charge on any atom is -0.280 e. The van der Waals surface area contributed by atoms with Gasteiger partial charge in [-0.25, -0.2) is 12.8 Å². The number of anilines is 1. The van der Waals surface area contributed by atoms with E-state index in [0.29, 0.717) is 5.56 Å². The molecule has 0 aliphatic rings. The number of benzene rings is 1. The molecule has 0 aliphatic carbocycles. The zero-order valence-corrected chi connectivity index (χ0v) is 12.8. The summed E-state index contributed by atoms with van der Waals surface area (Å²) in [5, 5.41) is 6.70. The average molecular weight is 311 g/mol. The molecule has 0 saturated carbocycles. The first kappa shape index (κ1) is 15.5. The predicted octanol–water partition coefficient (Wildman–Crippen LogP) is 3.00. The highest BCUT2D eigenvalue weighted by Crippen LogP contribution is 2.18. The number of halogens is 1. The number of aromatic nitrogens is 2. The van der Waals surface area contributed by atoms with Crippen LogP contribution in [0.25, 0.3) is 0 Å². The van der Waals surface area contributed by atoms with E-state index in [4.69, 9.17) is 0 Å². The Morgan fingerprint density at radius 1 is 1.29 bits per heavy atom. The van der Waals surface area contributed by atoms with Gasteiger partial charge in [-0.15, -0.1) is 0 Å². The van der Waals surface area contributed by atoms with Crippen molar-refractivity contribution in [3.63, 3.8) is 0 Å². The van der Waals surface area contributed by atoms with Crippen LogP contribution in [-0.2, 0) is 16.4 Å². The predicted molar refractivity (Wildman–Crippen MR) is 79.1 cm³/mol. The minimum atomic E-state index is -3.84. The Hall–Kier alpha value is -1.89. The molecule has 5 nitrogen and oxygen atoms in total. The molecule has 1 aromatic carbocycles. The molecule has 0 unspecified atom stereocenters. The van der Waals surface area contributed by atoms with Crippen LogP contribution in [0.3, 0.4) is 0 Å². The Morgan fingerprint density at radius 2 is 2.05 bits per heavy atom. The van der Waals surface area contributed by atoms with E-state index in [1.165, 1.54) is 12.1 Å². The molecule has 1 aromatic heterocycles. The average Bonchev–Trinajstić information content (AvgIpc) is 2.82. The fourth-order valence-electron chi connectivity index (χ4n) is 1.96. The summed E-state index contributed by atoms with van der Waals surface area (Å²) in [6.07, 6.45) is 2.85. The van der Waals surface area contributed by atoms with E-state index in [1.54, 1.807) is 13.0 Å². The highest BCUT2D eigenvalue weighted by atomic mass is 32.2. The zero-order chi connectivity index (χ0) is 15.5. The standard InChI is InChI=1S/C14H18FN3O2S/c1-3-4-5-12-9-14(17-16-12)18-21(19,20)13-7-10(2)6-11(15)8-13/h6-9H,3-5H2,1-2H3,(H2,16,17,18). The van der Waals surface area contributed by atoms with Gasteiger partial charge in [0.1, 0.15) is 5.82 Å². The van der Waals surface area contributed by atoms with Crippen molar-refractivity contribution in [2.75, 3.05) is 4.72 Å². The molecule has 2 N–H and O–H groups in total. The van der Waals surface area contributed by atoms with Crippen molar-refractivity contribution in [1.82, 2.24) is 10.2 Å². The number of hydrogen-bond acceptors (Lipinski definition) is 3. The lowest BCUT2D eigenvalue weighted by atomic mass is 10.2. The molecular formula is C14H18FN3O2S. The fourth-order valence-corrected chi connectivity index (χ4v) is 3.07. The third-order valence-corrected chi connectivity index (χ3v) is 4.33. The van der Waals surface area contributed by atoms with E-state index < -0.39 is 15.8 Å². The number of H-pyrrole nitrogens is 1. The molecule has 0 fully saturated rings. The largest absolute Gasteiger partial charge is 0.280 e. The molecule has 21 heavy (non-hydrogen) atoms. The monoisotopic (exact) mass is 311 g/mol. The molecule has 0 aliphatic heterocycles. The maximum Gasteiger partial charge on any atom is 0.263 e. The van der Waals surface area contributed by atoms with E-state index in [-0.39, 0.29) is 10.7 Å². The normalized spacial score (nSPS) is 11.6. The number of aromatic amines is 1. The van der Waals surface area contributed by atoms with Crippen molar-refractivity contribution in [3.05, 3.63) is 41.3 Å². The summed E-state index contributed by atoms with van der Waals surface area (Å²) in [6.45, 7) is 3.71. The van der Waals surface area contributed by atoms with E-state index >= 15 is 0 Å². The molecule has 2 rings (SSSR count). The molecule has 2 aromatic rings. The van der Waals surface area contributed by atoms with Crippen LogP contribution in [0.4, 0.5) is 10.2 Å². The molecule has 0 radical (unpaired) electrons. The summed E-state index contributed by atoms with van der Waals surface area (Å²) in [7, 11) is -3.84. The van der Waals surface area contributed by atoms with Crippen LogP contribution >= 0.6 is 0 Å². The molecule has 0 amide bonds. The van der Waals surface area contributed by atoms with Crippen LogP contribution in [0, 0.1) is 12.7 Å². The topological polar surface area (TPSA) is 74.8 Å². The fraction of sp³-hybridized carbons (Fsp3) is 0.357. The minimum absolute atomic E-state index is 0.113. The van der Waals surface area contributed by atoms with Crippen molar-refractivity contribution in [3.8, 4) is 0 Å². The van der Waals surface area contributed by atoms with Crippen LogP contribution in [0.5, 0.6) is 0 Å². The van der Waals surface area contributed by atoms with Crippen molar-refractivity contribution < 1.29 is 12.8 Å². The molecule has 114 valence electrons. The van der Waals surface area contributed by atoms with Gasteiger partial charge < -0.3 is 0 Å². The van der Waals surface area contributed by atoms with Gasteiger partial charge in [0.25, 0.3) is 10.0 Å². The maximum absolute atomic E-state index is 13.3. The smallest absolute Gasteiger partial charge is 0.263 e. The molecule has 0 spiro atoms. The Balaban J connectivity index is 2.19. The van der Waals surface area contributed by atoms with Gasteiger partial charge in [-0.1, -0.05) is 13.3 Å². The van der Waals surface area contributed by atoms with E-state index in [2.05, 4.69) is 21.8 Å². The first-order valence-electron chi connectivity index (χ1n) is 6.75. The Morgan fingerprint density at radius 3 is 2.71 bits per heavy atom. The lowest BCUT2D eigenvalue weighted by Gasteiger charge is -2.06. The van der Waals surface area contributed by atoms with Gasteiger partial charge in [0.05, 0.1) is 4.90 Å². The summed E-state index contributed by atoms with van der Waals surface area (Å²) >= 11 is 0. The van der Waals surface area contributed by atoms with Gasteiger partial charge >= 0.3 is 0 Å². The Kier molecular flexibility index (Phi) is 4.62. The summed E-state index contributed by atoms with van der Waals surface area (Å²) in [5.41, 5.74) is 1.41. The molecule has 0 atom stereocenters. The second-order valence-corrected chi connectivity index (χ2v) is 6.63. The zero-order valence-electron chi connectivity index (χ0n) is 12.0. The number of nitrogens with one attached hydrogen (secondary N) is 2. The Bertz CT molecular complexity index is 705. The summed E-state index contributed by atoms with van der Waals surface area (Å²) < 4.78 is 40.1. The van der Waals surface area contributed by atoms with Crippen molar-refractivity contribution in [2.45, 2.75) is 38.0 Å². The van der Waals surface area contributed by atoms with Gasteiger partial charge in [0.2, 0.25) is 0 Å². The van der Waals surface area contributed by atoms with Crippen molar-refractivity contribution in [2.24, 2.45) is 0 Å². The van der Waals surface area contributed by atoms with E-state index in [1.807, 2.05) is 0 Å². The summed E-state index contributed by atoms with van der Waals surface area (Å²) in [5.74, 6) is -0.371. The number of rotatable bonds is 6. The molecule has 0 saturated heterocycles. The first-order valence-corrected chi connectivity index (χ1v) is 8.23. The molecular weight excluding hydrogens is 293 g/mol. The highest BCUT2D eigenvalue weighted by molar-refractivity contribution is 7.92. The number of unbranched alkanes of at least 4 members (excludes halogenated alkanes) is 1. The Labute approximate surface area is 123 Å². The summed E-state index contributed by atoms with van der Waals surface area (Å²) in [6, 6.07) is 5.33. The van der Waals surface area contributed by atoms with Crippen LogP contribution < -0.4 is 4.72 Å². The van der Waals surface area contributed by atoms with Crippen LogP contribution in [0.1, 0.15) is 31.0 Å². The van der Waals surface area contributed by atoms with Gasteiger partial charge in [-0.3, -0.25) is 9.82 Å². The lowest BCUT2D eigenvalue weighted by Crippen LogP contribution is -2.13.